The molecule has 1 aromatic heterocycles. The Bertz CT molecular complexity index is 1050. The first-order valence-electron chi connectivity index (χ1n) is 9.58. The van der Waals surface area contributed by atoms with Gasteiger partial charge in [0.2, 0.25) is 0 Å². The first kappa shape index (κ1) is 19.5. The van der Waals surface area contributed by atoms with Gasteiger partial charge in [0.1, 0.15) is 11.5 Å². The largest absolute Gasteiger partial charge is 0.497 e. The molecular weight excluding hydrogens is 386 g/mol. The molecule has 3 aromatic rings. The molecule has 30 heavy (non-hydrogen) atoms. The Hall–Kier alpha value is -3.81. The molecule has 2 aromatic carbocycles. The summed E-state index contributed by atoms with van der Waals surface area (Å²) in [7, 11) is 1.64. The van der Waals surface area contributed by atoms with Crippen molar-refractivity contribution in [2.24, 2.45) is 0 Å². The number of nitro groups is 1. The van der Waals surface area contributed by atoms with E-state index in [1.807, 2.05) is 24.3 Å². The summed E-state index contributed by atoms with van der Waals surface area (Å²) in [6.07, 6.45) is 0. The fourth-order valence-corrected chi connectivity index (χ4v) is 3.49. The zero-order chi connectivity index (χ0) is 21.1. The van der Waals surface area contributed by atoms with Crippen LogP contribution in [0, 0.1) is 10.1 Å². The number of furan rings is 1. The summed E-state index contributed by atoms with van der Waals surface area (Å²) in [5, 5.41) is 10.8. The van der Waals surface area contributed by atoms with Crippen LogP contribution in [0.15, 0.2) is 65.1 Å². The van der Waals surface area contributed by atoms with Crippen LogP contribution in [0.3, 0.4) is 0 Å². The number of carbonyl (C=O) groups excluding carboxylic acids is 1. The second kappa shape index (κ2) is 8.28. The third kappa shape index (κ3) is 3.98. The van der Waals surface area contributed by atoms with Crippen LogP contribution in [0.25, 0.3) is 11.3 Å². The van der Waals surface area contributed by atoms with E-state index in [-0.39, 0.29) is 17.4 Å². The number of carbonyl (C=O) groups is 1. The standard InChI is InChI=1S/C22H21N3O5/c1-29-19-4-2-3-18(15-19)23-11-13-24(14-12-23)22(26)21-10-9-20(30-21)16-5-7-17(8-6-16)25(27)28/h2-10,15H,11-14H2,1H3. The fourth-order valence-electron chi connectivity index (χ4n) is 3.49. The number of hydrogen-bond donors (Lipinski definition) is 0. The lowest BCUT2D eigenvalue weighted by molar-refractivity contribution is -0.384. The molecule has 0 atom stereocenters. The Morgan fingerprint density at radius 3 is 2.43 bits per heavy atom. The molecule has 154 valence electrons. The van der Waals surface area contributed by atoms with Crippen LogP contribution in [0.2, 0.25) is 0 Å². The SMILES string of the molecule is COc1cccc(N2CCN(C(=O)c3ccc(-c4ccc([N+](=O)[O-])cc4)o3)CC2)c1. The van der Waals surface area contributed by atoms with E-state index in [2.05, 4.69) is 4.90 Å². The summed E-state index contributed by atoms with van der Waals surface area (Å²) in [5.41, 5.74) is 1.76. The van der Waals surface area contributed by atoms with Gasteiger partial charge in [0, 0.05) is 55.6 Å². The molecule has 8 nitrogen and oxygen atoms in total. The number of hydrogen-bond acceptors (Lipinski definition) is 6. The second-order valence-corrected chi connectivity index (χ2v) is 6.95. The zero-order valence-electron chi connectivity index (χ0n) is 16.5. The summed E-state index contributed by atoms with van der Waals surface area (Å²) in [5.74, 6) is 1.41. The zero-order valence-corrected chi connectivity index (χ0v) is 16.5. The number of nitrogens with zero attached hydrogens (tertiary/aromatic N) is 3. The Morgan fingerprint density at radius 1 is 1.03 bits per heavy atom. The highest BCUT2D eigenvalue weighted by atomic mass is 16.6. The van der Waals surface area contributed by atoms with Gasteiger partial charge in [0.25, 0.3) is 11.6 Å². The topological polar surface area (TPSA) is 89.1 Å². The van der Waals surface area contributed by atoms with Crippen LogP contribution >= 0.6 is 0 Å². The van der Waals surface area contributed by atoms with Crippen LogP contribution < -0.4 is 9.64 Å². The molecule has 2 heterocycles. The number of rotatable bonds is 5. The summed E-state index contributed by atoms with van der Waals surface area (Å²) in [6, 6.07) is 17.3. The van der Waals surface area contributed by atoms with Crippen molar-refractivity contribution < 1.29 is 18.9 Å². The van der Waals surface area contributed by atoms with Gasteiger partial charge in [-0.3, -0.25) is 14.9 Å². The summed E-state index contributed by atoms with van der Waals surface area (Å²) >= 11 is 0. The van der Waals surface area contributed by atoms with Crippen molar-refractivity contribution in [3.63, 3.8) is 0 Å². The van der Waals surface area contributed by atoms with Gasteiger partial charge in [-0.2, -0.15) is 0 Å². The van der Waals surface area contributed by atoms with Gasteiger partial charge >= 0.3 is 0 Å². The number of nitro benzene ring substituents is 1. The van der Waals surface area contributed by atoms with E-state index in [0.29, 0.717) is 24.4 Å². The third-order valence-corrected chi connectivity index (χ3v) is 5.16. The van der Waals surface area contributed by atoms with Crippen molar-refractivity contribution in [3.05, 3.63) is 76.5 Å². The molecule has 1 aliphatic heterocycles. The molecule has 1 amide bonds. The molecule has 0 spiro atoms. The van der Waals surface area contributed by atoms with Crippen LogP contribution in [0.1, 0.15) is 10.6 Å². The van der Waals surface area contributed by atoms with Crippen molar-refractivity contribution in [1.82, 2.24) is 4.90 Å². The quantitative estimate of drug-likeness (QED) is 0.472. The Kier molecular flexibility index (Phi) is 5.38. The lowest BCUT2D eigenvalue weighted by atomic mass is 10.1. The lowest BCUT2D eigenvalue weighted by Gasteiger charge is -2.35. The molecule has 0 N–H and O–H groups in total. The van der Waals surface area contributed by atoms with E-state index in [1.54, 1.807) is 36.3 Å². The van der Waals surface area contributed by atoms with Crippen LogP contribution in [0.4, 0.5) is 11.4 Å². The van der Waals surface area contributed by atoms with Crippen molar-refractivity contribution >= 4 is 17.3 Å². The van der Waals surface area contributed by atoms with Gasteiger partial charge in [-0.25, -0.2) is 0 Å². The number of non-ortho nitro benzene ring substituents is 1. The summed E-state index contributed by atoms with van der Waals surface area (Å²) < 4.78 is 11.0. The van der Waals surface area contributed by atoms with E-state index in [1.165, 1.54) is 12.1 Å². The van der Waals surface area contributed by atoms with Gasteiger partial charge < -0.3 is 19.0 Å². The average Bonchev–Trinajstić information content (AvgIpc) is 3.29. The van der Waals surface area contributed by atoms with Crippen molar-refractivity contribution in [3.8, 4) is 17.1 Å². The Labute approximate surface area is 173 Å². The van der Waals surface area contributed by atoms with Gasteiger partial charge in [0.15, 0.2) is 5.76 Å². The molecule has 0 aliphatic carbocycles. The molecule has 1 fully saturated rings. The smallest absolute Gasteiger partial charge is 0.289 e. The van der Waals surface area contributed by atoms with E-state index < -0.39 is 4.92 Å². The van der Waals surface area contributed by atoms with Crippen LogP contribution in [-0.2, 0) is 0 Å². The minimum Gasteiger partial charge on any atom is -0.497 e. The maximum Gasteiger partial charge on any atom is 0.289 e. The fraction of sp³-hybridized carbons (Fsp3) is 0.227. The van der Waals surface area contributed by atoms with Crippen molar-refractivity contribution in [2.45, 2.75) is 0 Å². The molecule has 8 heteroatoms. The molecule has 1 aliphatic rings. The highest BCUT2D eigenvalue weighted by Gasteiger charge is 2.25. The number of ether oxygens (including phenoxy) is 1. The first-order valence-corrected chi connectivity index (χ1v) is 9.58. The highest BCUT2D eigenvalue weighted by molar-refractivity contribution is 5.92. The Balaban J connectivity index is 1.40. The van der Waals surface area contributed by atoms with Crippen molar-refractivity contribution in [2.75, 3.05) is 38.2 Å². The average molecular weight is 407 g/mol. The molecule has 0 unspecified atom stereocenters. The van der Waals surface area contributed by atoms with Crippen molar-refractivity contribution in [1.29, 1.82) is 0 Å². The number of piperazine rings is 1. The number of benzene rings is 2. The van der Waals surface area contributed by atoms with Gasteiger partial charge in [-0.1, -0.05) is 6.07 Å². The number of methoxy groups -OCH3 is 1. The maximum absolute atomic E-state index is 12.8. The predicted molar refractivity (Wildman–Crippen MR) is 112 cm³/mol. The summed E-state index contributed by atoms with van der Waals surface area (Å²) in [4.78, 5) is 27.2. The van der Waals surface area contributed by atoms with Crippen LogP contribution in [0.5, 0.6) is 5.75 Å². The minimum absolute atomic E-state index is 0.00973. The molecule has 0 saturated carbocycles. The van der Waals surface area contributed by atoms with Crippen LogP contribution in [-0.4, -0.2) is 49.0 Å². The first-order chi connectivity index (χ1) is 14.5. The maximum atomic E-state index is 12.8. The van der Waals surface area contributed by atoms with E-state index in [4.69, 9.17) is 9.15 Å². The number of amides is 1. The molecule has 0 bridgehead atoms. The van der Waals surface area contributed by atoms with Gasteiger partial charge in [-0.15, -0.1) is 0 Å². The normalized spacial score (nSPS) is 13.9. The molecule has 0 radical (unpaired) electrons. The number of anilines is 1. The van der Waals surface area contributed by atoms with E-state index >= 15 is 0 Å². The molecule has 1 saturated heterocycles. The van der Waals surface area contributed by atoms with E-state index in [0.717, 1.165) is 24.5 Å². The monoisotopic (exact) mass is 407 g/mol. The second-order valence-electron chi connectivity index (χ2n) is 6.95. The van der Waals surface area contributed by atoms with E-state index in [9.17, 15) is 14.9 Å². The predicted octanol–water partition coefficient (Wildman–Crippen LogP) is 3.83. The minimum atomic E-state index is -0.452. The Morgan fingerprint density at radius 2 is 1.77 bits per heavy atom. The lowest BCUT2D eigenvalue weighted by Crippen LogP contribution is -2.48. The third-order valence-electron chi connectivity index (χ3n) is 5.16. The molecule has 4 rings (SSSR count). The highest BCUT2D eigenvalue weighted by Crippen LogP contribution is 2.26. The van der Waals surface area contributed by atoms with Gasteiger partial charge in [-0.05, 0) is 36.4 Å². The van der Waals surface area contributed by atoms with Gasteiger partial charge in [0.05, 0.1) is 12.0 Å². The molecular formula is C22H21N3O5. The summed E-state index contributed by atoms with van der Waals surface area (Å²) in [6.45, 7) is 2.61.